The van der Waals surface area contributed by atoms with Gasteiger partial charge in [0.2, 0.25) is 0 Å². The maximum Gasteiger partial charge on any atom is 0.409 e. The number of anilines is 2. The summed E-state index contributed by atoms with van der Waals surface area (Å²) in [5.74, 6) is 0.774. The molecule has 0 spiro atoms. The summed E-state index contributed by atoms with van der Waals surface area (Å²) in [5.41, 5.74) is 3.11. The lowest BCUT2D eigenvalue weighted by Gasteiger charge is -2.34. The van der Waals surface area contributed by atoms with E-state index in [9.17, 15) is 9.59 Å². The van der Waals surface area contributed by atoms with Crippen molar-refractivity contribution >= 4 is 23.5 Å². The average Bonchev–Trinajstić information content (AvgIpc) is 2.78. The summed E-state index contributed by atoms with van der Waals surface area (Å²) < 4.78 is 5.04. The number of amides is 2. The van der Waals surface area contributed by atoms with Crippen molar-refractivity contribution in [1.82, 2.24) is 14.8 Å². The number of ether oxygens (including phenoxy) is 1. The minimum Gasteiger partial charge on any atom is -0.450 e. The molecule has 0 unspecified atom stereocenters. The molecule has 7 heteroatoms. The first-order valence-corrected chi connectivity index (χ1v) is 10.2. The number of para-hydroxylation sites is 1. The monoisotopic (exact) mass is 394 g/mol. The highest BCUT2D eigenvalue weighted by molar-refractivity contribution is 5.95. The minimum absolute atomic E-state index is 0.0255. The van der Waals surface area contributed by atoms with Gasteiger partial charge in [-0.1, -0.05) is 18.2 Å². The van der Waals surface area contributed by atoms with E-state index in [0.29, 0.717) is 38.3 Å². The molecule has 0 radical (unpaired) electrons. The molecule has 0 aliphatic carbocycles. The molecule has 29 heavy (non-hydrogen) atoms. The summed E-state index contributed by atoms with van der Waals surface area (Å²) in [5, 5.41) is 0. The Hall–Kier alpha value is -3.09. The van der Waals surface area contributed by atoms with Crippen molar-refractivity contribution in [2.24, 2.45) is 0 Å². The molecular weight excluding hydrogens is 368 g/mol. The first-order valence-electron chi connectivity index (χ1n) is 10.2. The molecule has 4 rings (SSSR count). The Bertz CT molecular complexity index is 893. The van der Waals surface area contributed by atoms with E-state index in [1.165, 1.54) is 11.3 Å². The van der Waals surface area contributed by atoms with Gasteiger partial charge >= 0.3 is 6.09 Å². The maximum atomic E-state index is 13.0. The molecular formula is C22H26N4O3. The number of aryl methyl sites for hydroxylation is 1. The smallest absolute Gasteiger partial charge is 0.409 e. The molecule has 1 saturated heterocycles. The zero-order valence-corrected chi connectivity index (χ0v) is 16.7. The van der Waals surface area contributed by atoms with Crippen molar-refractivity contribution in [2.45, 2.75) is 19.8 Å². The van der Waals surface area contributed by atoms with Gasteiger partial charge < -0.3 is 19.4 Å². The molecule has 0 N–H and O–H groups in total. The van der Waals surface area contributed by atoms with Gasteiger partial charge in [-0.15, -0.1) is 0 Å². The fourth-order valence-electron chi connectivity index (χ4n) is 3.96. The molecule has 3 heterocycles. The van der Waals surface area contributed by atoms with Crippen molar-refractivity contribution in [2.75, 3.05) is 44.2 Å². The molecule has 2 amide bonds. The lowest BCUT2D eigenvalue weighted by molar-refractivity contribution is 0.0570. The fraction of sp³-hybridized carbons (Fsp3) is 0.409. The topological polar surface area (TPSA) is 66.0 Å². The summed E-state index contributed by atoms with van der Waals surface area (Å²) in [6, 6.07) is 12.0. The van der Waals surface area contributed by atoms with Gasteiger partial charge in [-0.3, -0.25) is 4.79 Å². The predicted octanol–water partition coefficient (Wildman–Crippen LogP) is 3.08. The number of carbonyl (C=O) groups is 2. The Balaban J connectivity index is 1.47. The number of rotatable bonds is 3. The largest absolute Gasteiger partial charge is 0.450 e. The summed E-state index contributed by atoms with van der Waals surface area (Å²) in [6.07, 6.45) is 3.52. The molecule has 1 aromatic heterocycles. The van der Waals surface area contributed by atoms with Crippen LogP contribution in [0.2, 0.25) is 0 Å². The zero-order valence-electron chi connectivity index (χ0n) is 16.7. The van der Waals surface area contributed by atoms with Crippen molar-refractivity contribution in [3.8, 4) is 0 Å². The number of pyridine rings is 1. The van der Waals surface area contributed by atoms with Gasteiger partial charge in [0, 0.05) is 50.2 Å². The van der Waals surface area contributed by atoms with Crippen LogP contribution in [0.3, 0.4) is 0 Å². The van der Waals surface area contributed by atoms with Gasteiger partial charge in [-0.2, -0.15) is 0 Å². The number of piperazine rings is 1. The van der Waals surface area contributed by atoms with Gasteiger partial charge in [0.15, 0.2) is 0 Å². The van der Waals surface area contributed by atoms with E-state index in [4.69, 9.17) is 4.74 Å². The van der Waals surface area contributed by atoms with Crippen molar-refractivity contribution in [3.05, 3.63) is 53.7 Å². The van der Waals surface area contributed by atoms with Crippen molar-refractivity contribution < 1.29 is 14.3 Å². The summed E-state index contributed by atoms with van der Waals surface area (Å²) in [4.78, 5) is 35.0. The van der Waals surface area contributed by atoms with Crippen molar-refractivity contribution in [3.63, 3.8) is 0 Å². The molecule has 2 aliphatic heterocycles. The third-order valence-electron chi connectivity index (χ3n) is 5.47. The third-order valence-corrected chi connectivity index (χ3v) is 5.47. The van der Waals surface area contributed by atoms with Gasteiger partial charge in [0.1, 0.15) is 5.82 Å². The van der Waals surface area contributed by atoms with E-state index < -0.39 is 0 Å². The Labute approximate surface area is 170 Å². The molecule has 152 valence electrons. The van der Waals surface area contributed by atoms with Crippen molar-refractivity contribution in [1.29, 1.82) is 0 Å². The molecule has 0 saturated carbocycles. The van der Waals surface area contributed by atoms with Crippen LogP contribution in [0.5, 0.6) is 0 Å². The van der Waals surface area contributed by atoms with E-state index in [0.717, 1.165) is 25.2 Å². The average molecular weight is 394 g/mol. The van der Waals surface area contributed by atoms with E-state index >= 15 is 0 Å². The summed E-state index contributed by atoms with van der Waals surface area (Å²) >= 11 is 0. The normalized spacial score (nSPS) is 16.4. The van der Waals surface area contributed by atoms with Crippen LogP contribution in [-0.4, -0.2) is 66.1 Å². The number of benzene rings is 1. The van der Waals surface area contributed by atoms with Crippen LogP contribution in [0.15, 0.2) is 42.6 Å². The number of hydrogen-bond acceptors (Lipinski definition) is 5. The van der Waals surface area contributed by atoms with Crippen LogP contribution in [0.25, 0.3) is 0 Å². The number of carbonyl (C=O) groups excluding carboxylic acids is 2. The van der Waals surface area contributed by atoms with Crippen LogP contribution in [0, 0.1) is 0 Å². The number of nitrogens with zero attached hydrogens (tertiary/aromatic N) is 4. The Morgan fingerprint density at radius 1 is 1.03 bits per heavy atom. The van der Waals surface area contributed by atoms with Gasteiger partial charge in [-0.05, 0) is 43.5 Å². The van der Waals surface area contributed by atoms with E-state index in [1.54, 1.807) is 29.0 Å². The molecule has 1 fully saturated rings. The number of hydrogen-bond donors (Lipinski definition) is 0. The summed E-state index contributed by atoms with van der Waals surface area (Å²) in [7, 11) is 0. The van der Waals surface area contributed by atoms with Crippen LogP contribution in [-0.2, 0) is 11.2 Å². The van der Waals surface area contributed by atoms with Gasteiger partial charge in [0.05, 0.1) is 6.61 Å². The predicted molar refractivity (Wildman–Crippen MR) is 111 cm³/mol. The highest BCUT2D eigenvalue weighted by atomic mass is 16.6. The molecule has 2 aromatic rings. The molecule has 1 aromatic carbocycles. The Morgan fingerprint density at radius 3 is 2.59 bits per heavy atom. The number of aromatic nitrogens is 1. The van der Waals surface area contributed by atoms with Crippen LogP contribution in [0.1, 0.15) is 29.3 Å². The quantitative estimate of drug-likeness (QED) is 0.800. The van der Waals surface area contributed by atoms with Gasteiger partial charge in [-0.25, -0.2) is 9.78 Å². The second kappa shape index (κ2) is 8.51. The van der Waals surface area contributed by atoms with E-state index in [-0.39, 0.29) is 12.0 Å². The minimum atomic E-state index is -0.311. The molecule has 0 bridgehead atoms. The second-order valence-electron chi connectivity index (χ2n) is 7.26. The molecule has 2 aliphatic rings. The van der Waals surface area contributed by atoms with Crippen LogP contribution < -0.4 is 4.90 Å². The number of fused-ring (bicyclic) bond motifs is 1. The maximum absolute atomic E-state index is 13.0. The lowest BCUT2D eigenvalue weighted by Crippen LogP contribution is -2.50. The SMILES string of the molecule is CCOC(=O)N1CCN(C(=O)c2ccnc(N3CCCc4ccccc43)c2)CC1. The van der Waals surface area contributed by atoms with E-state index in [2.05, 4.69) is 28.1 Å². The first kappa shape index (κ1) is 19.2. The second-order valence-corrected chi connectivity index (χ2v) is 7.26. The highest BCUT2D eigenvalue weighted by Gasteiger charge is 2.26. The zero-order chi connectivity index (χ0) is 20.2. The lowest BCUT2D eigenvalue weighted by atomic mass is 10.0. The standard InChI is InChI=1S/C22H26N4O3/c1-2-29-22(28)25-14-12-24(13-15-25)21(27)18-9-10-23-20(16-18)26-11-5-7-17-6-3-4-8-19(17)26/h3-4,6,8-10,16H,2,5,7,11-15H2,1H3. The third kappa shape index (κ3) is 4.04. The fourth-order valence-corrected chi connectivity index (χ4v) is 3.96. The van der Waals surface area contributed by atoms with E-state index in [1.807, 2.05) is 12.1 Å². The summed E-state index contributed by atoms with van der Waals surface area (Å²) in [6.45, 7) is 5.02. The Morgan fingerprint density at radius 2 is 1.79 bits per heavy atom. The van der Waals surface area contributed by atoms with Crippen LogP contribution >= 0.6 is 0 Å². The van der Waals surface area contributed by atoms with Gasteiger partial charge in [0.25, 0.3) is 5.91 Å². The molecule has 7 nitrogen and oxygen atoms in total. The Kier molecular flexibility index (Phi) is 5.64. The first-order chi connectivity index (χ1) is 14.2. The van der Waals surface area contributed by atoms with Crippen LogP contribution in [0.4, 0.5) is 16.3 Å². The molecule has 0 atom stereocenters. The highest BCUT2D eigenvalue weighted by Crippen LogP contribution is 2.32.